The molecule has 23 heavy (non-hydrogen) atoms. The molecule has 120 valence electrons. The van der Waals surface area contributed by atoms with Crippen molar-refractivity contribution in [3.63, 3.8) is 0 Å². The van der Waals surface area contributed by atoms with Crippen LogP contribution in [-0.2, 0) is 6.54 Å². The van der Waals surface area contributed by atoms with Crippen molar-refractivity contribution in [1.82, 2.24) is 20.2 Å². The molecule has 0 N–H and O–H groups in total. The third-order valence-electron chi connectivity index (χ3n) is 3.96. The van der Waals surface area contributed by atoms with Crippen LogP contribution in [0.3, 0.4) is 0 Å². The molecule has 1 aliphatic rings. The van der Waals surface area contributed by atoms with Crippen LogP contribution in [0.5, 0.6) is 0 Å². The number of aromatic nitrogens is 4. The Hall–Kier alpha value is -1.65. The third kappa shape index (κ3) is 3.33. The summed E-state index contributed by atoms with van der Waals surface area (Å²) in [6.45, 7) is 5.05. The Morgan fingerprint density at radius 2 is 1.96 bits per heavy atom. The van der Waals surface area contributed by atoms with Crippen LogP contribution in [0.25, 0.3) is 11.4 Å². The van der Waals surface area contributed by atoms with Crippen LogP contribution in [0.2, 0.25) is 10.0 Å². The Balaban J connectivity index is 1.95. The molecule has 0 fully saturated rings. The van der Waals surface area contributed by atoms with Gasteiger partial charge in [-0.3, -0.25) is 0 Å². The highest BCUT2D eigenvalue weighted by molar-refractivity contribution is 6.43. The van der Waals surface area contributed by atoms with Gasteiger partial charge in [-0.1, -0.05) is 55.3 Å². The second-order valence-electron chi connectivity index (χ2n) is 5.88. The van der Waals surface area contributed by atoms with E-state index in [2.05, 4.69) is 41.5 Å². The van der Waals surface area contributed by atoms with Gasteiger partial charge in [-0.15, -0.1) is 5.10 Å². The van der Waals surface area contributed by atoms with Gasteiger partial charge in [-0.25, -0.2) is 4.68 Å². The molecule has 1 aliphatic carbocycles. The minimum absolute atomic E-state index is 0.475. The number of halogens is 2. The smallest absolute Gasteiger partial charge is 0.183 e. The molecule has 0 bridgehead atoms. The molecule has 0 atom stereocenters. The Morgan fingerprint density at radius 3 is 2.74 bits per heavy atom. The Kier molecular flexibility index (Phi) is 4.83. The van der Waals surface area contributed by atoms with E-state index in [4.69, 9.17) is 23.2 Å². The summed E-state index contributed by atoms with van der Waals surface area (Å²) in [5.41, 5.74) is 3.39. The summed E-state index contributed by atoms with van der Waals surface area (Å²) in [4.78, 5) is 0. The van der Waals surface area contributed by atoms with Crippen molar-refractivity contribution < 1.29 is 0 Å². The lowest BCUT2D eigenvalue weighted by atomic mass is 9.89. The maximum Gasteiger partial charge on any atom is 0.183 e. The molecule has 0 unspecified atom stereocenters. The van der Waals surface area contributed by atoms with Crippen molar-refractivity contribution in [2.75, 3.05) is 0 Å². The monoisotopic (exact) mass is 348 g/mol. The summed E-state index contributed by atoms with van der Waals surface area (Å²) < 4.78 is 1.78. The van der Waals surface area contributed by atoms with E-state index in [1.807, 2.05) is 12.1 Å². The van der Waals surface area contributed by atoms with Gasteiger partial charge >= 0.3 is 0 Å². The predicted octanol–water partition coefficient (Wildman–Crippen LogP) is 4.95. The first-order valence-electron chi connectivity index (χ1n) is 7.68. The average molecular weight is 349 g/mol. The fourth-order valence-corrected chi connectivity index (χ4v) is 3.23. The van der Waals surface area contributed by atoms with Crippen LogP contribution >= 0.6 is 23.2 Å². The fraction of sp³-hybridized carbons (Fsp3) is 0.353. The molecule has 0 aliphatic heterocycles. The molecule has 4 nitrogen and oxygen atoms in total. The van der Waals surface area contributed by atoms with E-state index in [1.165, 1.54) is 11.1 Å². The quantitative estimate of drug-likeness (QED) is 0.784. The number of hydrogen-bond acceptors (Lipinski definition) is 3. The van der Waals surface area contributed by atoms with Crippen molar-refractivity contribution in [2.24, 2.45) is 5.92 Å². The number of benzene rings is 1. The number of allylic oxidation sites excluding steroid dienone is 4. The lowest BCUT2D eigenvalue weighted by Gasteiger charge is -2.20. The second-order valence-corrected chi connectivity index (χ2v) is 6.67. The van der Waals surface area contributed by atoms with Crippen LogP contribution < -0.4 is 0 Å². The van der Waals surface area contributed by atoms with E-state index >= 15 is 0 Å². The molecule has 0 amide bonds. The van der Waals surface area contributed by atoms with Crippen molar-refractivity contribution in [2.45, 2.75) is 33.2 Å². The van der Waals surface area contributed by atoms with Crippen LogP contribution in [0, 0.1) is 5.92 Å². The highest BCUT2D eigenvalue weighted by Gasteiger charge is 2.18. The first kappa shape index (κ1) is 16.2. The zero-order valence-electron chi connectivity index (χ0n) is 13.1. The second kappa shape index (κ2) is 6.85. The topological polar surface area (TPSA) is 43.6 Å². The summed E-state index contributed by atoms with van der Waals surface area (Å²) in [6.07, 6.45) is 6.75. The van der Waals surface area contributed by atoms with Gasteiger partial charge in [0.1, 0.15) is 0 Å². The van der Waals surface area contributed by atoms with Crippen LogP contribution in [-0.4, -0.2) is 20.2 Å². The normalized spacial score (nSPS) is 14.8. The van der Waals surface area contributed by atoms with Crippen LogP contribution in [0.15, 0.2) is 41.5 Å². The average Bonchev–Trinajstić information content (AvgIpc) is 2.98. The zero-order valence-corrected chi connectivity index (χ0v) is 14.6. The number of nitrogens with zero attached hydrogens (tertiary/aromatic N) is 4. The van der Waals surface area contributed by atoms with Gasteiger partial charge in [0, 0.05) is 5.56 Å². The van der Waals surface area contributed by atoms with Gasteiger partial charge < -0.3 is 0 Å². The van der Waals surface area contributed by atoms with Crippen molar-refractivity contribution >= 4 is 23.2 Å². The van der Waals surface area contributed by atoms with E-state index in [-0.39, 0.29) is 0 Å². The van der Waals surface area contributed by atoms with E-state index < -0.39 is 0 Å². The minimum atomic E-state index is 0.475. The third-order valence-corrected chi connectivity index (χ3v) is 4.78. The maximum absolute atomic E-state index is 6.31. The predicted molar refractivity (Wildman–Crippen MR) is 93.5 cm³/mol. The van der Waals surface area contributed by atoms with Crippen molar-refractivity contribution in [1.29, 1.82) is 0 Å². The first-order chi connectivity index (χ1) is 11.1. The number of hydrogen-bond donors (Lipinski definition) is 0. The lowest BCUT2D eigenvalue weighted by molar-refractivity contribution is 0.626. The van der Waals surface area contributed by atoms with Gasteiger partial charge in [0.15, 0.2) is 5.82 Å². The lowest BCUT2D eigenvalue weighted by Crippen LogP contribution is -2.11. The molecule has 0 spiro atoms. The molecular weight excluding hydrogens is 331 g/mol. The van der Waals surface area contributed by atoms with E-state index in [9.17, 15) is 0 Å². The molecule has 2 aromatic rings. The highest BCUT2D eigenvalue weighted by Crippen LogP contribution is 2.33. The Morgan fingerprint density at radius 1 is 1.17 bits per heavy atom. The van der Waals surface area contributed by atoms with Crippen molar-refractivity contribution in [3.05, 3.63) is 51.5 Å². The summed E-state index contributed by atoms with van der Waals surface area (Å²) >= 11 is 12.4. The van der Waals surface area contributed by atoms with E-state index in [1.54, 1.807) is 10.7 Å². The largest absolute Gasteiger partial charge is 0.221 e. The molecule has 6 heteroatoms. The van der Waals surface area contributed by atoms with E-state index in [0.717, 1.165) is 18.4 Å². The van der Waals surface area contributed by atoms with Gasteiger partial charge in [0.05, 0.1) is 16.6 Å². The highest BCUT2D eigenvalue weighted by atomic mass is 35.5. The van der Waals surface area contributed by atoms with Crippen LogP contribution in [0.4, 0.5) is 0 Å². The Bertz CT molecular complexity index is 775. The molecular formula is C17H18Cl2N4. The Labute approximate surface area is 145 Å². The molecule has 0 saturated carbocycles. The fourth-order valence-electron chi connectivity index (χ4n) is 2.85. The number of tetrazole rings is 1. The summed E-state index contributed by atoms with van der Waals surface area (Å²) in [6, 6.07) is 5.48. The first-order valence-corrected chi connectivity index (χ1v) is 8.43. The minimum Gasteiger partial charge on any atom is -0.221 e. The summed E-state index contributed by atoms with van der Waals surface area (Å²) in [5, 5.41) is 13.1. The van der Waals surface area contributed by atoms with Crippen LogP contribution in [0.1, 0.15) is 26.7 Å². The van der Waals surface area contributed by atoms with Gasteiger partial charge in [0.25, 0.3) is 0 Å². The van der Waals surface area contributed by atoms with Gasteiger partial charge in [-0.05, 0) is 52.5 Å². The zero-order chi connectivity index (χ0) is 16.4. The summed E-state index contributed by atoms with van der Waals surface area (Å²) in [7, 11) is 0. The molecule has 3 rings (SSSR count). The molecule has 1 aromatic heterocycles. The van der Waals surface area contributed by atoms with Gasteiger partial charge in [-0.2, -0.15) is 0 Å². The molecule has 1 aromatic carbocycles. The maximum atomic E-state index is 6.31. The molecule has 0 saturated heterocycles. The van der Waals surface area contributed by atoms with E-state index in [0.29, 0.717) is 28.3 Å². The standard InChI is InChI=1S/C17H18Cl2N4/c1-11(2)13-7-4-3-6-12(13)10-23-17(20-21-22-23)14-8-5-9-15(18)16(14)19/h5-9,11H,3-4,10H2,1-2H3. The van der Waals surface area contributed by atoms with Crippen molar-refractivity contribution in [3.8, 4) is 11.4 Å². The molecule has 1 heterocycles. The SMILES string of the molecule is CC(C)C1=CCCC=C1Cn1nnnc1-c1cccc(Cl)c1Cl. The molecule has 0 radical (unpaired) electrons. The number of rotatable bonds is 4. The summed E-state index contributed by atoms with van der Waals surface area (Å²) in [5.74, 6) is 1.11. The van der Waals surface area contributed by atoms with Gasteiger partial charge in [0.2, 0.25) is 0 Å².